The molecule has 39 heavy (non-hydrogen) atoms. The zero-order chi connectivity index (χ0) is 27.5. The summed E-state index contributed by atoms with van der Waals surface area (Å²) in [6.07, 6.45) is 13.3. The first-order chi connectivity index (χ1) is 19.2. The predicted molar refractivity (Wildman–Crippen MR) is 171 cm³/mol. The number of nitrogens with zero attached hydrogens (tertiary/aromatic N) is 1. The van der Waals surface area contributed by atoms with Gasteiger partial charge in [-0.3, -0.25) is 0 Å². The maximum atomic E-state index is 6.94. The van der Waals surface area contributed by atoms with Gasteiger partial charge >= 0.3 is 0 Å². The highest BCUT2D eigenvalue weighted by atomic mass is 35.5. The summed E-state index contributed by atoms with van der Waals surface area (Å²) in [5.41, 5.74) is 4.25. The summed E-state index contributed by atoms with van der Waals surface area (Å²) in [6, 6.07) is 28.9. The van der Waals surface area contributed by atoms with E-state index >= 15 is 0 Å². The lowest BCUT2D eigenvalue weighted by Gasteiger charge is -2.17. The Morgan fingerprint density at radius 2 is 1.03 bits per heavy atom. The molecule has 0 saturated carbocycles. The van der Waals surface area contributed by atoms with Crippen molar-refractivity contribution in [1.29, 1.82) is 0 Å². The number of halogens is 1. The number of hydrogen-bond donors (Lipinski definition) is 0. The van der Waals surface area contributed by atoms with Gasteiger partial charge in [0.05, 0.1) is 11.6 Å². The average molecular weight is 546 g/mol. The Balaban J connectivity index is 1.35. The maximum Gasteiger partial charge on any atom is 0.119 e. The molecule has 0 aliphatic heterocycles. The highest BCUT2D eigenvalue weighted by Crippen LogP contribution is 2.35. The molecule has 0 spiro atoms. The van der Waals surface area contributed by atoms with E-state index in [4.69, 9.17) is 16.3 Å². The van der Waals surface area contributed by atoms with Crippen LogP contribution in [-0.2, 0) is 0 Å². The van der Waals surface area contributed by atoms with Crippen LogP contribution in [0.5, 0.6) is 5.75 Å². The number of rotatable bonds is 19. The Bertz CT molecular complexity index is 1060. The molecule has 0 N–H and O–H groups in total. The van der Waals surface area contributed by atoms with Crippen LogP contribution in [0, 0.1) is 0 Å². The van der Waals surface area contributed by atoms with Crippen LogP contribution in [0.1, 0.15) is 94.7 Å². The molecule has 3 aromatic carbocycles. The molecule has 0 saturated heterocycles. The summed E-state index contributed by atoms with van der Waals surface area (Å²) in [5, 5.41) is 0.755. The van der Waals surface area contributed by atoms with Gasteiger partial charge in [0, 0.05) is 5.57 Å². The lowest BCUT2D eigenvalue weighted by molar-refractivity contribution is 0.295. The highest BCUT2D eigenvalue weighted by Gasteiger charge is 2.12. The summed E-state index contributed by atoms with van der Waals surface area (Å²) in [7, 11) is 0. The molecule has 0 bridgehead atoms. The molecule has 210 valence electrons. The Kier molecular flexibility index (Phi) is 14.8. The fourth-order valence-electron chi connectivity index (χ4n) is 5.05. The first-order valence-electron chi connectivity index (χ1n) is 15.2. The van der Waals surface area contributed by atoms with Gasteiger partial charge in [0.25, 0.3) is 0 Å². The Hall–Kier alpha value is -2.55. The summed E-state index contributed by atoms with van der Waals surface area (Å²) in [6.45, 7) is 8.94. The number of hydrogen-bond acceptors (Lipinski definition) is 2. The largest absolute Gasteiger partial charge is 0.494 e. The molecule has 0 radical (unpaired) electrons. The molecule has 3 rings (SSSR count). The minimum atomic E-state index is 0.755. The highest BCUT2D eigenvalue weighted by molar-refractivity contribution is 6.53. The Morgan fingerprint density at radius 1 is 0.564 bits per heavy atom. The molecule has 0 aliphatic rings. The van der Waals surface area contributed by atoms with Gasteiger partial charge in [-0.25, -0.2) is 0 Å². The zero-order valence-electron chi connectivity index (χ0n) is 24.2. The molecule has 0 heterocycles. The average Bonchev–Trinajstić information content (AvgIpc) is 2.99. The fraction of sp³-hybridized carbons (Fsp3) is 0.444. The van der Waals surface area contributed by atoms with Crippen LogP contribution in [0.25, 0.3) is 10.6 Å². The van der Waals surface area contributed by atoms with E-state index in [9.17, 15) is 0 Å². The van der Waals surface area contributed by atoms with E-state index in [1.165, 1.54) is 77.4 Å². The normalized spacial score (nSPS) is 12.0. The topological polar surface area (TPSA) is 12.5 Å². The van der Waals surface area contributed by atoms with Crippen LogP contribution in [0.2, 0.25) is 0 Å². The summed E-state index contributed by atoms with van der Waals surface area (Å²) in [4.78, 5) is 2.53. The molecule has 0 aromatic heterocycles. The smallest absolute Gasteiger partial charge is 0.119 e. The summed E-state index contributed by atoms with van der Waals surface area (Å²) >= 11 is 6.94. The lowest BCUT2D eigenvalue weighted by atomic mass is 9.95. The van der Waals surface area contributed by atoms with Crippen molar-refractivity contribution in [3.05, 3.63) is 102 Å². The van der Waals surface area contributed by atoms with Gasteiger partial charge in [-0.2, -0.15) is 0 Å². The second kappa shape index (κ2) is 18.7. The quantitative estimate of drug-likeness (QED) is 0.110. The van der Waals surface area contributed by atoms with Gasteiger partial charge < -0.3 is 9.64 Å². The van der Waals surface area contributed by atoms with Crippen molar-refractivity contribution in [2.75, 3.05) is 26.2 Å². The van der Waals surface area contributed by atoms with Crippen LogP contribution in [0.15, 0.2) is 84.9 Å². The number of unbranched alkanes of at least 4 members (excludes halogenated alkanes) is 9. The third kappa shape index (κ3) is 11.2. The summed E-state index contributed by atoms with van der Waals surface area (Å²) in [5.74, 6) is 0.919. The van der Waals surface area contributed by atoms with Crippen molar-refractivity contribution in [3.63, 3.8) is 0 Å². The van der Waals surface area contributed by atoms with Crippen molar-refractivity contribution < 1.29 is 4.74 Å². The van der Waals surface area contributed by atoms with Gasteiger partial charge in [0.2, 0.25) is 0 Å². The van der Waals surface area contributed by atoms with Crippen LogP contribution in [0.4, 0.5) is 0 Å². The summed E-state index contributed by atoms with van der Waals surface area (Å²) < 4.78 is 6.05. The molecule has 0 unspecified atom stereocenters. The number of ether oxygens (including phenoxy) is 1. The Morgan fingerprint density at radius 3 is 1.56 bits per heavy atom. The first-order valence-corrected chi connectivity index (χ1v) is 15.6. The monoisotopic (exact) mass is 545 g/mol. The molecule has 2 nitrogen and oxygen atoms in total. The molecule has 0 atom stereocenters. The second-order valence-corrected chi connectivity index (χ2v) is 10.7. The molecule has 3 heteroatoms. The Labute approximate surface area is 243 Å². The van der Waals surface area contributed by atoms with E-state index < -0.39 is 0 Å². The van der Waals surface area contributed by atoms with Gasteiger partial charge in [-0.15, -0.1) is 0 Å². The fourth-order valence-corrected chi connectivity index (χ4v) is 5.40. The predicted octanol–water partition coefficient (Wildman–Crippen LogP) is 10.5. The molecule has 0 aliphatic carbocycles. The van der Waals surface area contributed by atoms with Gasteiger partial charge in [-0.1, -0.05) is 150 Å². The van der Waals surface area contributed by atoms with E-state index in [2.05, 4.69) is 79.4 Å². The van der Waals surface area contributed by atoms with Crippen molar-refractivity contribution in [2.24, 2.45) is 0 Å². The van der Waals surface area contributed by atoms with Crippen LogP contribution in [0.3, 0.4) is 0 Å². The maximum absolute atomic E-state index is 6.94. The van der Waals surface area contributed by atoms with Gasteiger partial charge in [-0.05, 0) is 61.3 Å². The van der Waals surface area contributed by atoms with E-state index in [1.807, 2.05) is 24.3 Å². The standard InChI is InChI=1S/C36H48ClNO/c1-3-38(4-2)29-19-11-9-7-5-6-8-10-12-20-30-39-34-27-25-32(26-28-34)35(31-21-15-13-16-22-31)36(37)33-23-17-14-18-24-33/h13-18,21-28H,3-12,19-20,29-30H2,1-2H3. The van der Waals surface area contributed by atoms with E-state index in [1.54, 1.807) is 0 Å². The van der Waals surface area contributed by atoms with Crippen LogP contribution < -0.4 is 4.74 Å². The third-order valence-corrected chi connectivity index (χ3v) is 7.89. The molecule has 0 amide bonds. The molecular formula is C36H48ClNO. The first kappa shape index (κ1) is 31.0. The van der Waals surface area contributed by atoms with E-state index in [0.717, 1.165) is 46.1 Å². The van der Waals surface area contributed by atoms with Crippen molar-refractivity contribution in [3.8, 4) is 5.75 Å². The lowest BCUT2D eigenvalue weighted by Crippen LogP contribution is -2.23. The zero-order valence-corrected chi connectivity index (χ0v) is 25.0. The van der Waals surface area contributed by atoms with E-state index in [-0.39, 0.29) is 0 Å². The van der Waals surface area contributed by atoms with Gasteiger partial charge in [0.15, 0.2) is 0 Å². The minimum absolute atomic E-state index is 0.755. The molecule has 0 fully saturated rings. The van der Waals surface area contributed by atoms with Crippen molar-refractivity contribution in [1.82, 2.24) is 4.90 Å². The second-order valence-electron chi connectivity index (χ2n) is 10.4. The van der Waals surface area contributed by atoms with Gasteiger partial charge in [0.1, 0.15) is 5.75 Å². The van der Waals surface area contributed by atoms with Crippen molar-refractivity contribution in [2.45, 2.75) is 78.1 Å². The molecular weight excluding hydrogens is 498 g/mol. The van der Waals surface area contributed by atoms with E-state index in [0.29, 0.717) is 0 Å². The van der Waals surface area contributed by atoms with Crippen LogP contribution in [-0.4, -0.2) is 31.1 Å². The third-order valence-electron chi connectivity index (χ3n) is 7.48. The SMILES string of the molecule is CCN(CC)CCCCCCCCCCCCOc1ccc(C(=C(Cl)c2ccccc2)c2ccccc2)cc1. The minimum Gasteiger partial charge on any atom is -0.494 e. The van der Waals surface area contributed by atoms with Crippen molar-refractivity contribution >= 4 is 22.2 Å². The number of benzene rings is 3. The molecule has 3 aromatic rings. The van der Waals surface area contributed by atoms with Crippen LogP contribution >= 0.6 is 11.6 Å².